The van der Waals surface area contributed by atoms with Crippen LogP contribution in [0.4, 0.5) is 5.69 Å². The molecule has 0 spiro atoms. The summed E-state index contributed by atoms with van der Waals surface area (Å²) in [6, 6.07) is 7.36. The predicted octanol–water partition coefficient (Wildman–Crippen LogP) is 1.98. The summed E-state index contributed by atoms with van der Waals surface area (Å²) in [4.78, 5) is 16.5. The highest BCUT2D eigenvalue weighted by Crippen LogP contribution is 2.21. The number of nitrogens with zero attached hydrogens (tertiary/aromatic N) is 1. The van der Waals surface area contributed by atoms with Crippen LogP contribution in [-0.4, -0.2) is 10.7 Å². The molecule has 2 N–H and O–H groups in total. The largest absolute Gasteiger partial charge is 0.398 e. The lowest BCUT2D eigenvalue weighted by molar-refractivity contribution is -0.143. The van der Waals surface area contributed by atoms with Gasteiger partial charge in [-0.15, -0.1) is 0 Å². The van der Waals surface area contributed by atoms with Gasteiger partial charge >= 0.3 is 5.97 Å². The van der Waals surface area contributed by atoms with Crippen LogP contribution in [-0.2, 0) is 4.79 Å². The van der Waals surface area contributed by atoms with Gasteiger partial charge in [-0.25, -0.2) is 4.79 Å². The highest BCUT2D eigenvalue weighted by atomic mass is 16.7. The number of benzene rings is 1. The maximum absolute atomic E-state index is 11.4. The van der Waals surface area contributed by atoms with Gasteiger partial charge in [0, 0.05) is 23.7 Å². The van der Waals surface area contributed by atoms with Crippen molar-refractivity contribution in [1.29, 1.82) is 0 Å². The van der Waals surface area contributed by atoms with Crippen LogP contribution in [0.1, 0.15) is 19.8 Å². The molecule has 84 valence electrons. The molecular weight excluding hydrogens is 204 g/mol. The lowest BCUT2D eigenvalue weighted by atomic mass is 10.2. The predicted molar refractivity (Wildman–Crippen MR) is 62.8 cm³/mol. The van der Waals surface area contributed by atoms with Gasteiger partial charge in [0.05, 0.1) is 5.52 Å². The number of aromatic nitrogens is 1. The number of nitrogens with two attached hydrogens (primary N) is 1. The highest BCUT2D eigenvalue weighted by Gasteiger charge is 2.07. The molecule has 2 aromatic rings. The molecule has 0 saturated heterocycles. The summed E-state index contributed by atoms with van der Waals surface area (Å²) in [5, 5.41) is 0.895. The van der Waals surface area contributed by atoms with Crippen molar-refractivity contribution in [3.8, 4) is 0 Å². The van der Waals surface area contributed by atoms with E-state index in [-0.39, 0.29) is 5.97 Å². The van der Waals surface area contributed by atoms with E-state index < -0.39 is 0 Å². The van der Waals surface area contributed by atoms with Crippen LogP contribution >= 0.6 is 0 Å². The van der Waals surface area contributed by atoms with Gasteiger partial charge in [0.1, 0.15) is 0 Å². The van der Waals surface area contributed by atoms with E-state index in [9.17, 15) is 4.79 Å². The molecule has 0 saturated carbocycles. The van der Waals surface area contributed by atoms with Crippen LogP contribution in [0.3, 0.4) is 0 Å². The Morgan fingerprint density at radius 3 is 3.00 bits per heavy atom. The molecule has 4 heteroatoms. The van der Waals surface area contributed by atoms with Crippen LogP contribution < -0.4 is 10.6 Å². The molecule has 0 fully saturated rings. The van der Waals surface area contributed by atoms with Crippen molar-refractivity contribution >= 4 is 22.6 Å². The third-order valence-corrected chi connectivity index (χ3v) is 2.39. The van der Waals surface area contributed by atoms with E-state index in [2.05, 4.69) is 0 Å². The third kappa shape index (κ3) is 1.86. The van der Waals surface area contributed by atoms with Crippen molar-refractivity contribution in [1.82, 2.24) is 4.73 Å². The molecule has 1 heterocycles. The number of fused-ring (bicyclic) bond motifs is 1. The lowest BCUT2D eigenvalue weighted by Crippen LogP contribution is -2.18. The van der Waals surface area contributed by atoms with Crippen LogP contribution in [0.2, 0.25) is 0 Å². The molecule has 0 aliphatic rings. The SMILES string of the molecule is CCCC(=O)On1ccc2c(N)cccc21. The quantitative estimate of drug-likeness (QED) is 0.801. The van der Waals surface area contributed by atoms with E-state index in [1.54, 1.807) is 6.20 Å². The van der Waals surface area contributed by atoms with Crippen molar-refractivity contribution in [3.63, 3.8) is 0 Å². The molecule has 2 rings (SSSR count). The second kappa shape index (κ2) is 4.26. The second-order valence-electron chi connectivity index (χ2n) is 3.63. The number of rotatable bonds is 3. The Kier molecular flexibility index (Phi) is 2.81. The molecule has 1 aromatic carbocycles. The summed E-state index contributed by atoms with van der Waals surface area (Å²) >= 11 is 0. The van der Waals surface area contributed by atoms with Gasteiger partial charge in [0.25, 0.3) is 0 Å². The Hall–Kier alpha value is -1.97. The summed E-state index contributed by atoms with van der Waals surface area (Å²) in [6.45, 7) is 1.94. The Labute approximate surface area is 93.6 Å². The van der Waals surface area contributed by atoms with Gasteiger partial charge in [0.2, 0.25) is 0 Å². The smallest absolute Gasteiger partial charge is 0.332 e. The van der Waals surface area contributed by atoms with E-state index >= 15 is 0 Å². The minimum absolute atomic E-state index is 0.234. The van der Waals surface area contributed by atoms with Crippen LogP contribution in [0.25, 0.3) is 10.9 Å². The maximum Gasteiger partial charge on any atom is 0.332 e. The first-order valence-corrected chi connectivity index (χ1v) is 5.29. The Morgan fingerprint density at radius 1 is 1.44 bits per heavy atom. The van der Waals surface area contributed by atoms with Crippen molar-refractivity contribution in [2.75, 3.05) is 5.73 Å². The Balaban J connectivity index is 2.32. The van der Waals surface area contributed by atoms with Crippen molar-refractivity contribution in [2.45, 2.75) is 19.8 Å². The number of hydrogen-bond donors (Lipinski definition) is 1. The number of carbonyl (C=O) groups is 1. The first-order valence-electron chi connectivity index (χ1n) is 5.29. The monoisotopic (exact) mass is 218 g/mol. The fraction of sp³-hybridized carbons (Fsp3) is 0.250. The van der Waals surface area contributed by atoms with E-state index in [1.807, 2.05) is 31.2 Å². The molecule has 16 heavy (non-hydrogen) atoms. The number of anilines is 1. The van der Waals surface area contributed by atoms with Crippen molar-refractivity contribution in [3.05, 3.63) is 30.5 Å². The first-order chi connectivity index (χ1) is 7.72. The second-order valence-corrected chi connectivity index (χ2v) is 3.63. The summed E-state index contributed by atoms with van der Waals surface area (Å²) < 4.78 is 1.46. The zero-order chi connectivity index (χ0) is 11.5. The standard InChI is InChI=1S/C12H14N2O2/c1-2-4-12(15)16-14-8-7-9-10(13)5-3-6-11(9)14/h3,5-8H,2,4,13H2,1H3. The van der Waals surface area contributed by atoms with Gasteiger partial charge in [-0.1, -0.05) is 13.0 Å². The summed E-state index contributed by atoms with van der Waals surface area (Å²) in [6.07, 6.45) is 2.90. The lowest BCUT2D eigenvalue weighted by Gasteiger charge is -2.05. The molecule has 0 bridgehead atoms. The van der Waals surface area contributed by atoms with Crippen LogP contribution in [0, 0.1) is 0 Å². The fourth-order valence-electron chi connectivity index (χ4n) is 1.61. The zero-order valence-corrected chi connectivity index (χ0v) is 9.14. The Morgan fingerprint density at radius 2 is 2.25 bits per heavy atom. The number of nitrogen functional groups attached to an aromatic ring is 1. The normalized spacial score (nSPS) is 10.6. The molecule has 0 aliphatic carbocycles. The van der Waals surface area contributed by atoms with Crippen molar-refractivity contribution < 1.29 is 9.63 Å². The molecule has 0 unspecified atom stereocenters. The molecule has 0 atom stereocenters. The van der Waals surface area contributed by atoms with E-state index in [0.717, 1.165) is 17.3 Å². The summed E-state index contributed by atoms with van der Waals surface area (Å²) in [5.41, 5.74) is 7.30. The molecule has 0 amide bonds. The summed E-state index contributed by atoms with van der Waals surface area (Å²) in [7, 11) is 0. The van der Waals surface area contributed by atoms with Crippen molar-refractivity contribution in [2.24, 2.45) is 0 Å². The molecule has 0 radical (unpaired) electrons. The summed E-state index contributed by atoms with van der Waals surface area (Å²) in [5.74, 6) is -0.234. The minimum Gasteiger partial charge on any atom is -0.398 e. The number of carbonyl (C=O) groups excluding carboxylic acids is 1. The minimum atomic E-state index is -0.234. The molecule has 0 aliphatic heterocycles. The average Bonchev–Trinajstić information content (AvgIpc) is 2.64. The van der Waals surface area contributed by atoms with Gasteiger partial charge < -0.3 is 10.6 Å². The Bertz CT molecular complexity index is 517. The van der Waals surface area contributed by atoms with E-state index in [1.165, 1.54) is 4.73 Å². The maximum atomic E-state index is 11.4. The van der Waals surface area contributed by atoms with E-state index in [4.69, 9.17) is 10.6 Å². The fourth-order valence-corrected chi connectivity index (χ4v) is 1.61. The third-order valence-electron chi connectivity index (χ3n) is 2.39. The molecule has 1 aromatic heterocycles. The first kappa shape index (κ1) is 10.5. The zero-order valence-electron chi connectivity index (χ0n) is 9.14. The number of hydrogen-bond acceptors (Lipinski definition) is 3. The van der Waals surface area contributed by atoms with Gasteiger partial charge in [0.15, 0.2) is 0 Å². The van der Waals surface area contributed by atoms with Crippen LogP contribution in [0.5, 0.6) is 0 Å². The van der Waals surface area contributed by atoms with Gasteiger partial charge in [-0.3, -0.25) is 0 Å². The highest BCUT2D eigenvalue weighted by molar-refractivity contribution is 5.91. The molecule has 4 nitrogen and oxygen atoms in total. The van der Waals surface area contributed by atoms with Gasteiger partial charge in [-0.05, 0) is 24.6 Å². The van der Waals surface area contributed by atoms with Gasteiger partial charge in [-0.2, -0.15) is 4.73 Å². The van der Waals surface area contributed by atoms with Crippen LogP contribution in [0.15, 0.2) is 30.5 Å². The average molecular weight is 218 g/mol. The van der Waals surface area contributed by atoms with E-state index in [0.29, 0.717) is 12.1 Å². The topological polar surface area (TPSA) is 57.2 Å². The molecular formula is C12H14N2O2.